The number of piperidine rings is 1. The molecule has 2 aliphatic heterocycles. The molecule has 3 aliphatic rings. The summed E-state index contributed by atoms with van der Waals surface area (Å²) in [5.74, 6) is 0.395. The molecule has 5 nitrogen and oxygen atoms in total. The van der Waals surface area contributed by atoms with Crippen LogP contribution in [0.4, 0.5) is 13.2 Å². The summed E-state index contributed by atoms with van der Waals surface area (Å²) in [5, 5.41) is 0. The third-order valence-corrected chi connectivity index (χ3v) is 7.15. The van der Waals surface area contributed by atoms with E-state index in [9.17, 15) is 18.0 Å². The van der Waals surface area contributed by atoms with Gasteiger partial charge in [-0.3, -0.25) is 4.79 Å². The number of hydrogen-bond acceptors (Lipinski definition) is 4. The molecule has 33 heavy (non-hydrogen) atoms. The van der Waals surface area contributed by atoms with E-state index < -0.39 is 11.7 Å². The van der Waals surface area contributed by atoms with Crippen LogP contribution >= 0.6 is 0 Å². The molecule has 1 aliphatic carbocycles. The van der Waals surface area contributed by atoms with Crippen LogP contribution < -0.4 is 0 Å². The van der Waals surface area contributed by atoms with E-state index in [0.29, 0.717) is 28.6 Å². The molecule has 2 aromatic rings. The van der Waals surface area contributed by atoms with E-state index in [0.717, 1.165) is 64.0 Å². The maximum absolute atomic E-state index is 13.5. The summed E-state index contributed by atoms with van der Waals surface area (Å²) in [6.07, 6.45) is 1.93. The Bertz CT molecular complexity index is 1040. The van der Waals surface area contributed by atoms with Gasteiger partial charge in [0.25, 0.3) is 5.91 Å². The number of carbonyl (C=O) groups is 1. The highest BCUT2D eigenvalue weighted by Crippen LogP contribution is 2.42. The van der Waals surface area contributed by atoms with Gasteiger partial charge in [0, 0.05) is 30.6 Å². The van der Waals surface area contributed by atoms with Gasteiger partial charge in [0.1, 0.15) is 0 Å². The highest BCUT2D eigenvalue weighted by Gasteiger charge is 2.36. The van der Waals surface area contributed by atoms with Gasteiger partial charge in [0.05, 0.1) is 22.5 Å². The highest BCUT2D eigenvalue weighted by atomic mass is 19.4. The molecule has 176 valence electrons. The number of aryl methyl sites for hydroxylation is 1. The number of alkyl halides is 3. The molecule has 2 saturated heterocycles. The van der Waals surface area contributed by atoms with Crippen molar-refractivity contribution in [2.45, 2.75) is 63.6 Å². The molecule has 0 bridgehead atoms. The molecular weight excluding hydrogens is 429 g/mol. The number of aromatic nitrogens is 2. The molecule has 3 heterocycles. The fourth-order valence-corrected chi connectivity index (χ4v) is 5.17. The Kier molecular flexibility index (Phi) is 5.89. The van der Waals surface area contributed by atoms with Crippen molar-refractivity contribution in [3.05, 3.63) is 46.8 Å². The fraction of sp³-hybridized carbons (Fsp3) is 0.560. The SMILES string of the molecule is Cc1nc(-c2cccc(C(F)(F)F)c2)nc(C2CC2)c1C(=O)N1CCC(N2CCCC2)CC1. The Morgan fingerprint density at radius 2 is 1.70 bits per heavy atom. The lowest BCUT2D eigenvalue weighted by Gasteiger charge is -2.37. The minimum atomic E-state index is -4.43. The second kappa shape index (κ2) is 8.70. The molecule has 5 rings (SSSR count). The maximum atomic E-state index is 13.5. The largest absolute Gasteiger partial charge is 0.416 e. The van der Waals surface area contributed by atoms with Gasteiger partial charge in [0.15, 0.2) is 5.82 Å². The Balaban J connectivity index is 1.40. The summed E-state index contributed by atoms with van der Waals surface area (Å²) < 4.78 is 39.6. The van der Waals surface area contributed by atoms with Crippen LogP contribution in [0.25, 0.3) is 11.4 Å². The topological polar surface area (TPSA) is 49.3 Å². The van der Waals surface area contributed by atoms with E-state index in [-0.39, 0.29) is 17.6 Å². The Morgan fingerprint density at radius 1 is 1.00 bits per heavy atom. The summed E-state index contributed by atoms with van der Waals surface area (Å²) in [7, 11) is 0. The first kappa shape index (κ1) is 22.3. The molecule has 8 heteroatoms. The average molecular weight is 459 g/mol. The van der Waals surface area contributed by atoms with E-state index in [1.807, 2.05) is 4.90 Å². The molecule has 1 amide bonds. The van der Waals surface area contributed by atoms with Gasteiger partial charge in [-0.2, -0.15) is 13.2 Å². The monoisotopic (exact) mass is 458 g/mol. The number of hydrogen-bond donors (Lipinski definition) is 0. The van der Waals surface area contributed by atoms with Crippen LogP contribution in [-0.4, -0.2) is 57.9 Å². The molecule has 1 saturated carbocycles. The lowest BCUT2D eigenvalue weighted by molar-refractivity contribution is -0.137. The smallest absolute Gasteiger partial charge is 0.338 e. The van der Waals surface area contributed by atoms with Gasteiger partial charge in [0.2, 0.25) is 0 Å². The first-order valence-corrected chi connectivity index (χ1v) is 11.9. The van der Waals surface area contributed by atoms with Crippen LogP contribution in [0.3, 0.4) is 0 Å². The minimum Gasteiger partial charge on any atom is -0.338 e. The molecule has 0 atom stereocenters. The molecule has 0 unspecified atom stereocenters. The van der Waals surface area contributed by atoms with Crippen molar-refractivity contribution in [2.24, 2.45) is 0 Å². The number of rotatable bonds is 4. The molecule has 0 spiro atoms. The number of likely N-dealkylation sites (tertiary alicyclic amines) is 2. The molecular formula is C25H29F3N4O. The maximum Gasteiger partial charge on any atom is 0.416 e. The van der Waals surface area contributed by atoms with Crippen molar-refractivity contribution in [3.63, 3.8) is 0 Å². The summed E-state index contributed by atoms with van der Waals surface area (Å²) >= 11 is 0. The quantitative estimate of drug-likeness (QED) is 0.644. The van der Waals surface area contributed by atoms with Crippen molar-refractivity contribution in [1.29, 1.82) is 0 Å². The molecule has 0 radical (unpaired) electrons. The van der Waals surface area contributed by atoms with Gasteiger partial charge < -0.3 is 9.80 Å². The van der Waals surface area contributed by atoms with Crippen LogP contribution in [0.15, 0.2) is 24.3 Å². The van der Waals surface area contributed by atoms with Crippen molar-refractivity contribution >= 4 is 5.91 Å². The van der Waals surface area contributed by atoms with Crippen LogP contribution in [-0.2, 0) is 6.18 Å². The number of halogens is 3. The number of benzene rings is 1. The van der Waals surface area contributed by atoms with Gasteiger partial charge in [-0.1, -0.05) is 12.1 Å². The number of amides is 1. The van der Waals surface area contributed by atoms with Crippen LogP contribution in [0.1, 0.15) is 71.8 Å². The van der Waals surface area contributed by atoms with Crippen molar-refractivity contribution in [2.75, 3.05) is 26.2 Å². The second-order valence-corrected chi connectivity index (χ2v) is 9.51. The summed E-state index contributed by atoms with van der Waals surface area (Å²) in [6, 6.07) is 5.64. The third kappa shape index (κ3) is 4.63. The fourth-order valence-electron chi connectivity index (χ4n) is 5.17. The lowest BCUT2D eigenvalue weighted by Crippen LogP contribution is -2.46. The van der Waals surface area contributed by atoms with E-state index in [1.165, 1.54) is 18.9 Å². The predicted molar refractivity (Wildman–Crippen MR) is 119 cm³/mol. The van der Waals surface area contributed by atoms with Crippen LogP contribution in [0.2, 0.25) is 0 Å². The van der Waals surface area contributed by atoms with E-state index in [1.54, 1.807) is 13.0 Å². The minimum absolute atomic E-state index is 0.0372. The van der Waals surface area contributed by atoms with E-state index >= 15 is 0 Å². The van der Waals surface area contributed by atoms with Crippen LogP contribution in [0.5, 0.6) is 0 Å². The predicted octanol–water partition coefficient (Wildman–Crippen LogP) is 5.05. The summed E-state index contributed by atoms with van der Waals surface area (Å²) in [6.45, 7) is 5.54. The Hall–Kier alpha value is -2.48. The Morgan fingerprint density at radius 3 is 2.33 bits per heavy atom. The van der Waals surface area contributed by atoms with Crippen molar-refractivity contribution in [1.82, 2.24) is 19.8 Å². The van der Waals surface area contributed by atoms with E-state index in [2.05, 4.69) is 14.9 Å². The number of nitrogens with zero attached hydrogens (tertiary/aromatic N) is 4. The van der Waals surface area contributed by atoms with Gasteiger partial charge in [-0.05, 0) is 70.7 Å². The van der Waals surface area contributed by atoms with Gasteiger partial charge in [-0.15, -0.1) is 0 Å². The van der Waals surface area contributed by atoms with Crippen LogP contribution in [0, 0.1) is 6.92 Å². The van der Waals surface area contributed by atoms with Gasteiger partial charge >= 0.3 is 6.18 Å². The molecule has 0 N–H and O–H groups in total. The Labute approximate surface area is 192 Å². The summed E-state index contributed by atoms with van der Waals surface area (Å²) in [4.78, 5) is 27.1. The third-order valence-electron chi connectivity index (χ3n) is 7.15. The van der Waals surface area contributed by atoms with E-state index in [4.69, 9.17) is 0 Å². The lowest BCUT2D eigenvalue weighted by atomic mass is 10.0. The van der Waals surface area contributed by atoms with Crippen molar-refractivity contribution < 1.29 is 18.0 Å². The normalized spacial score (nSPS) is 20.4. The second-order valence-electron chi connectivity index (χ2n) is 9.51. The zero-order chi connectivity index (χ0) is 23.2. The first-order valence-electron chi connectivity index (χ1n) is 11.9. The average Bonchev–Trinajstić information content (AvgIpc) is 3.51. The first-order chi connectivity index (χ1) is 15.8. The highest BCUT2D eigenvalue weighted by molar-refractivity contribution is 5.97. The van der Waals surface area contributed by atoms with Gasteiger partial charge in [-0.25, -0.2) is 9.97 Å². The zero-order valence-corrected chi connectivity index (χ0v) is 18.9. The number of carbonyl (C=O) groups excluding carboxylic acids is 1. The standard InChI is InChI=1S/C25H29F3N4O/c1-16-21(24(33)32-13-9-20(10-14-32)31-11-2-3-12-31)22(17-7-8-17)30-23(29-16)18-5-4-6-19(15-18)25(26,27)28/h4-6,15,17,20H,2-3,7-14H2,1H3. The van der Waals surface area contributed by atoms with Crippen molar-refractivity contribution in [3.8, 4) is 11.4 Å². The molecule has 1 aromatic heterocycles. The zero-order valence-electron chi connectivity index (χ0n) is 18.9. The summed E-state index contributed by atoms with van der Waals surface area (Å²) in [5.41, 5.74) is 1.39. The molecule has 3 fully saturated rings. The molecule has 1 aromatic carbocycles.